The number of nitrogens with zero attached hydrogens (tertiary/aromatic N) is 2. The van der Waals surface area contributed by atoms with E-state index in [-0.39, 0.29) is 18.2 Å². The molecule has 0 amide bonds. The summed E-state index contributed by atoms with van der Waals surface area (Å²) in [6.45, 7) is 8.95. The van der Waals surface area contributed by atoms with Crippen LogP contribution in [0.2, 0.25) is 0 Å². The van der Waals surface area contributed by atoms with Gasteiger partial charge in [-0.05, 0) is 27.2 Å². The molecular formula is C14H27N3O2. The zero-order chi connectivity index (χ0) is 14.4. The van der Waals surface area contributed by atoms with E-state index in [2.05, 4.69) is 25.9 Å². The molecule has 0 radical (unpaired) electrons. The molecule has 1 aromatic heterocycles. The average molecular weight is 269 g/mol. The van der Waals surface area contributed by atoms with E-state index in [9.17, 15) is 0 Å². The maximum absolute atomic E-state index is 6.40. The highest BCUT2D eigenvalue weighted by Crippen LogP contribution is 2.30. The van der Waals surface area contributed by atoms with Gasteiger partial charge < -0.3 is 15.2 Å². The van der Waals surface area contributed by atoms with Crippen molar-refractivity contribution >= 4 is 0 Å². The van der Waals surface area contributed by atoms with Crippen molar-refractivity contribution in [3.05, 3.63) is 11.9 Å². The van der Waals surface area contributed by atoms with Crippen LogP contribution in [-0.4, -0.2) is 29.6 Å². The number of aromatic nitrogens is 2. The van der Waals surface area contributed by atoms with Crippen LogP contribution in [0.4, 0.5) is 0 Å². The first-order valence-electron chi connectivity index (χ1n) is 7.05. The molecule has 0 aliphatic heterocycles. The van der Waals surface area contributed by atoms with Crippen LogP contribution in [0, 0.1) is 0 Å². The van der Waals surface area contributed by atoms with Gasteiger partial charge in [0, 0.05) is 12.6 Å². The largest absolute Gasteiger partial charge is 0.493 e. The minimum atomic E-state index is -0.222. The van der Waals surface area contributed by atoms with Crippen molar-refractivity contribution in [2.24, 2.45) is 5.73 Å². The fourth-order valence-electron chi connectivity index (χ4n) is 2.28. The van der Waals surface area contributed by atoms with E-state index >= 15 is 0 Å². The van der Waals surface area contributed by atoms with Crippen LogP contribution in [-0.2, 0) is 4.74 Å². The molecule has 110 valence electrons. The van der Waals surface area contributed by atoms with Crippen LogP contribution >= 0.6 is 0 Å². The van der Waals surface area contributed by atoms with Crippen LogP contribution in [0.3, 0.4) is 0 Å². The van der Waals surface area contributed by atoms with Gasteiger partial charge in [0.15, 0.2) is 5.75 Å². The number of rotatable bonds is 8. The van der Waals surface area contributed by atoms with Gasteiger partial charge in [-0.25, -0.2) is 0 Å². The second kappa shape index (κ2) is 7.50. The van der Waals surface area contributed by atoms with E-state index in [4.69, 9.17) is 15.2 Å². The summed E-state index contributed by atoms with van der Waals surface area (Å²) in [5.41, 5.74) is 7.33. The summed E-state index contributed by atoms with van der Waals surface area (Å²) >= 11 is 0. The van der Waals surface area contributed by atoms with Crippen molar-refractivity contribution in [2.45, 2.75) is 58.7 Å². The van der Waals surface area contributed by atoms with Crippen LogP contribution in [0.25, 0.3) is 0 Å². The quantitative estimate of drug-likeness (QED) is 0.788. The Kier molecular flexibility index (Phi) is 6.31. The first kappa shape index (κ1) is 16.0. The highest BCUT2D eigenvalue weighted by Gasteiger charge is 2.27. The maximum Gasteiger partial charge on any atom is 0.161 e. The molecule has 2 N–H and O–H groups in total. The maximum atomic E-state index is 6.40. The Morgan fingerprint density at radius 3 is 2.53 bits per heavy atom. The van der Waals surface area contributed by atoms with E-state index in [1.807, 2.05) is 11.6 Å². The molecule has 2 unspecified atom stereocenters. The van der Waals surface area contributed by atoms with Crippen LogP contribution in [0.1, 0.15) is 58.3 Å². The van der Waals surface area contributed by atoms with E-state index in [0.29, 0.717) is 6.61 Å². The van der Waals surface area contributed by atoms with E-state index in [0.717, 1.165) is 24.3 Å². The third kappa shape index (κ3) is 3.70. The van der Waals surface area contributed by atoms with Crippen molar-refractivity contribution in [1.29, 1.82) is 0 Å². The molecule has 1 heterocycles. The number of hydrogen-bond donors (Lipinski definition) is 1. The average Bonchev–Trinajstić information content (AvgIpc) is 2.81. The normalized spacial score (nSPS) is 14.7. The Bertz CT molecular complexity index is 371. The van der Waals surface area contributed by atoms with Crippen LogP contribution in [0.5, 0.6) is 5.75 Å². The third-order valence-corrected chi connectivity index (χ3v) is 3.18. The van der Waals surface area contributed by atoms with Crippen molar-refractivity contribution in [3.8, 4) is 5.75 Å². The number of hydrogen-bond acceptors (Lipinski definition) is 4. The van der Waals surface area contributed by atoms with Crippen molar-refractivity contribution in [3.63, 3.8) is 0 Å². The summed E-state index contributed by atoms with van der Waals surface area (Å²) in [6, 6.07) is 0.0219. The van der Waals surface area contributed by atoms with Crippen LogP contribution < -0.4 is 10.5 Å². The smallest absolute Gasteiger partial charge is 0.161 e. The third-order valence-electron chi connectivity index (χ3n) is 3.18. The summed E-state index contributed by atoms with van der Waals surface area (Å²) in [4.78, 5) is 0. The molecule has 0 saturated heterocycles. The van der Waals surface area contributed by atoms with Gasteiger partial charge in [0.25, 0.3) is 0 Å². The Hall–Kier alpha value is -1.07. The lowest BCUT2D eigenvalue weighted by Crippen LogP contribution is -2.31. The molecule has 1 rings (SSSR count). The molecule has 5 nitrogen and oxygen atoms in total. The van der Waals surface area contributed by atoms with Gasteiger partial charge >= 0.3 is 0 Å². The topological polar surface area (TPSA) is 62.3 Å². The molecular weight excluding hydrogens is 242 g/mol. The minimum Gasteiger partial charge on any atom is -0.493 e. The van der Waals surface area contributed by atoms with Gasteiger partial charge in [0.1, 0.15) is 5.69 Å². The van der Waals surface area contributed by atoms with E-state index in [1.165, 1.54) is 0 Å². The van der Waals surface area contributed by atoms with Crippen molar-refractivity contribution in [1.82, 2.24) is 9.78 Å². The summed E-state index contributed by atoms with van der Waals surface area (Å²) < 4.78 is 13.1. The molecule has 1 aromatic rings. The fourth-order valence-corrected chi connectivity index (χ4v) is 2.28. The van der Waals surface area contributed by atoms with Gasteiger partial charge in [-0.15, -0.1) is 0 Å². The Morgan fingerprint density at radius 1 is 1.37 bits per heavy atom. The Labute approximate surface area is 116 Å². The van der Waals surface area contributed by atoms with E-state index in [1.54, 1.807) is 13.3 Å². The second-order valence-corrected chi connectivity index (χ2v) is 4.94. The lowest BCUT2D eigenvalue weighted by atomic mass is 10.0. The van der Waals surface area contributed by atoms with Gasteiger partial charge in [0.05, 0.1) is 25.5 Å². The molecule has 0 bridgehead atoms. The lowest BCUT2D eigenvalue weighted by molar-refractivity contribution is 0.0346. The first-order valence-corrected chi connectivity index (χ1v) is 7.05. The van der Waals surface area contributed by atoms with Gasteiger partial charge in [0.2, 0.25) is 0 Å². The SMILES string of the molecule is CCCC(OCC)C(N)c1c(OC)cnn1C(C)C. The molecule has 0 aliphatic carbocycles. The molecule has 0 fully saturated rings. The summed E-state index contributed by atoms with van der Waals surface area (Å²) in [6.07, 6.45) is 3.69. The molecule has 0 spiro atoms. The standard InChI is InChI=1S/C14H27N3O2/c1-6-8-11(19-7-2)13(15)14-12(18-5)9-16-17(14)10(3)4/h9-11,13H,6-8,15H2,1-5H3. The highest BCUT2D eigenvalue weighted by molar-refractivity contribution is 5.29. The number of methoxy groups -OCH3 is 1. The Morgan fingerprint density at radius 2 is 2.05 bits per heavy atom. The summed E-state index contributed by atoms with van der Waals surface area (Å²) in [5, 5.41) is 4.37. The van der Waals surface area contributed by atoms with Crippen LogP contribution in [0.15, 0.2) is 6.20 Å². The molecule has 5 heteroatoms. The summed E-state index contributed by atoms with van der Waals surface area (Å²) in [5.74, 6) is 0.738. The second-order valence-electron chi connectivity index (χ2n) is 4.94. The number of nitrogens with two attached hydrogens (primary N) is 1. The molecule has 0 aliphatic rings. The van der Waals surface area contributed by atoms with Gasteiger partial charge in [-0.2, -0.15) is 5.10 Å². The fraction of sp³-hybridized carbons (Fsp3) is 0.786. The zero-order valence-corrected chi connectivity index (χ0v) is 12.7. The zero-order valence-electron chi connectivity index (χ0n) is 12.7. The van der Waals surface area contributed by atoms with E-state index < -0.39 is 0 Å². The molecule has 19 heavy (non-hydrogen) atoms. The number of ether oxygens (including phenoxy) is 2. The molecule has 2 atom stereocenters. The monoisotopic (exact) mass is 269 g/mol. The van der Waals surface area contributed by atoms with Gasteiger partial charge in [-0.1, -0.05) is 13.3 Å². The van der Waals surface area contributed by atoms with Crippen molar-refractivity contribution in [2.75, 3.05) is 13.7 Å². The molecule has 0 aromatic carbocycles. The first-order chi connectivity index (χ1) is 9.06. The predicted molar refractivity (Wildman–Crippen MR) is 76.4 cm³/mol. The minimum absolute atomic E-state index is 0.00176. The Balaban J connectivity index is 3.06. The summed E-state index contributed by atoms with van der Waals surface area (Å²) in [7, 11) is 1.65. The van der Waals surface area contributed by atoms with Crippen molar-refractivity contribution < 1.29 is 9.47 Å². The van der Waals surface area contributed by atoms with Gasteiger partial charge in [-0.3, -0.25) is 4.68 Å². The highest BCUT2D eigenvalue weighted by atomic mass is 16.5. The predicted octanol–water partition coefficient (Wildman–Crippen LogP) is 2.68. The lowest BCUT2D eigenvalue weighted by Gasteiger charge is -2.25. The molecule has 0 saturated carbocycles.